The summed E-state index contributed by atoms with van der Waals surface area (Å²) < 4.78 is 0. The Morgan fingerprint density at radius 3 is 3.00 bits per heavy atom. The van der Waals surface area contributed by atoms with E-state index in [1.807, 2.05) is 12.1 Å². The number of fused-ring (bicyclic) bond motifs is 1. The zero-order valence-electron chi connectivity index (χ0n) is 7.12. The summed E-state index contributed by atoms with van der Waals surface area (Å²) in [7, 11) is 2.07. The van der Waals surface area contributed by atoms with Crippen LogP contribution in [-0.2, 0) is 0 Å². The fraction of sp³-hybridized carbons (Fsp3) is 0.200. The van der Waals surface area contributed by atoms with Crippen molar-refractivity contribution in [2.24, 2.45) is 0 Å². The van der Waals surface area contributed by atoms with Crippen LogP contribution in [-0.4, -0.2) is 13.6 Å². The number of hydrogen-bond acceptors (Lipinski definition) is 2. The number of rotatable bonds is 0. The summed E-state index contributed by atoms with van der Waals surface area (Å²) in [6, 6.07) is 6.02. The highest BCUT2D eigenvalue weighted by Crippen LogP contribution is 2.28. The highest BCUT2D eigenvalue weighted by atomic mass is 15.1. The second-order valence-electron chi connectivity index (χ2n) is 3.06. The summed E-state index contributed by atoms with van der Waals surface area (Å²) in [4.78, 5) is 2.19. The Bertz CT molecular complexity index is 329. The van der Waals surface area contributed by atoms with Gasteiger partial charge in [0.15, 0.2) is 0 Å². The monoisotopic (exact) mass is 160 g/mol. The van der Waals surface area contributed by atoms with Crippen LogP contribution in [0.5, 0.6) is 0 Å². The summed E-state index contributed by atoms with van der Waals surface area (Å²) in [5.74, 6) is 0. The molecular weight excluding hydrogens is 148 g/mol. The van der Waals surface area contributed by atoms with E-state index in [1.54, 1.807) is 0 Å². The number of likely N-dealkylation sites (N-methyl/N-ethyl adjacent to an activating group) is 1. The van der Waals surface area contributed by atoms with Crippen LogP contribution in [0.2, 0.25) is 0 Å². The minimum Gasteiger partial charge on any atom is -0.398 e. The molecule has 1 heterocycles. The molecule has 0 atom stereocenters. The zero-order valence-corrected chi connectivity index (χ0v) is 7.12. The second kappa shape index (κ2) is 2.55. The van der Waals surface area contributed by atoms with Gasteiger partial charge in [-0.05, 0) is 12.1 Å². The van der Waals surface area contributed by atoms with Gasteiger partial charge in [-0.15, -0.1) is 0 Å². The van der Waals surface area contributed by atoms with Gasteiger partial charge in [0.25, 0.3) is 0 Å². The smallest absolute Gasteiger partial charge is 0.0460 e. The van der Waals surface area contributed by atoms with E-state index in [4.69, 9.17) is 5.73 Å². The molecule has 12 heavy (non-hydrogen) atoms. The zero-order chi connectivity index (χ0) is 8.55. The molecule has 0 fully saturated rings. The molecule has 1 aromatic carbocycles. The van der Waals surface area contributed by atoms with E-state index in [0.717, 1.165) is 17.8 Å². The van der Waals surface area contributed by atoms with Crippen molar-refractivity contribution in [3.63, 3.8) is 0 Å². The van der Waals surface area contributed by atoms with Crippen LogP contribution in [0.25, 0.3) is 6.08 Å². The highest BCUT2D eigenvalue weighted by molar-refractivity contribution is 5.79. The van der Waals surface area contributed by atoms with Gasteiger partial charge in [0.2, 0.25) is 0 Å². The molecule has 1 aliphatic heterocycles. The summed E-state index contributed by atoms with van der Waals surface area (Å²) in [6.07, 6.45) is 4.21. The minimum absolute atomic E-state index is 0.857. The molecule has 0 saturated heterocycles. The van der Waals surface area contributed by atoms with Gasteiger partial charge >= 0.3 is 0 Å². The Kier molecular flexibility index (Phi) is 1.54. The van der Waals surface area contributed by atoms with Gasteiger partial charge in [-0.25, -0.2) is 0 Å². The van der Waals surface area contributed by atoms with Gasteiger partial charge in [-0.2, -0.15) is 0 Å². The first-order valence-electron chi connectivity index (χ1n) is 4.05. The number of nitrogens with zero attached hydrogens (tertiary/aromatic N) is 1. The van der Waals surface area contributed by atoms with Crippen LogP contribution in [0.1, 0.15) is 5.56 Å². The molecule has 0 unspecified atom stereocenters. The van der Waals surface area contributed by atoms with Gasteiger partial charge < -0.3 is 10.6 Å². The van der Waals surface area contributed by atoms with Crippen molar-refractivity contribution in [3.8, 4) is 0 Å². The summed E-state index contributed by atoms with van der Waals surface area (Å²) in [5.41, 5.74) is 9.05. The lowest BCUT2D eigenvalue weighted by molar-refractivity contribution is 1.02. The van der Waals surface area contributed by atoms with E-state index in [1.165, 1.54) is 5.69 Å². The van der Waals surface area contributed by atoms with Gasteiger partial charge in [0.1, 0.15) is 0 Å². The maximum Gasteiger partial charge on any atom is 0.0460 e. The van der Waals surface area contributed by atoms with E-state index in [2.05, 4.69) is 30.2 Å². The molecule has 1 aliphatic rings. The number of benzene rings is 1. The van der Waals surface area contributed by atoms with E-state index >= 15 is 0 Å². The number of hydrogen-bond donors (Lipinski definition) is 1. The molecule has 0 spiro atoms. The van der Waals surface area contributed by atoms with Crippen molar-refractivity contribution in [2.45, 2.75) is 0 Å². The Labute approximate surface area is 72.3 Å². The van der Waals surface area contributed by atoms with Crippen molar-refractivity contribution in [3.05, 3.63) is 29.8 Å². The molecule has 1 aromatic rings. The van der Waals surface area contributed by atoms with Crippen molar-refractivity contribution >= 4 is 17.5 Å². The van der Waals surface area contributed by atoms with Crippen LogP contribution in [0.15, 0.2) is 24.3 Å². The van der Waals surface area contributed by atoms with Crippen LogP contribution in [0, 0.1) is 0 Å². The van der Waals surface area contributed by atoms with Gasteiger partial charge in [0, 0.05) is 30.5 Å². The molecule has 0 amide bonds. The SMILES string of the molecule is CN1CC=Cc2c(N)cccc21. The Morgan fingerprint density at radius 2 is 2.25 bits per heavy atom. The van der Waals surface area contributed by atoms with Crippen molar-refractivity contribution in [1.82, 2.24) is 0 Å². The van der Waals surface area contributed by atoms with Crippen LogP contribution < -0.4 is 10.6 Å². The molecule has 2 rings (SSSR count). The quantitative estimate of drug-likeness (QED) is 0.586. The summed E-state index contributed by atoms with van der Waals surface area (Å²) >= 11 is 0. The Balaban J connectivity index is 2.61. The summed E-state index contributed by atoms with van der Waals surface area (Å²) in [6.45, 7) is 0.969. The van der Waals surface area contributed by atoms with E-state index in [0.29, 0.717) is 0 Å². The van der Waals surface area contributed by atoms with Gasteiger partial charge in [0.05, 0.1) is 0 Å². The first-order chi connectivity index (χ1) is 5.79. The fourth-order valence-corrected chi connectivity index (χ4v) is 1.51. The van der Waals surface area contributed by atoms with Crippen molar-refractivity contribution in [1.29, 1.82) is 0 Å². The topological polar surface area (TPSA) is 29.3 Å². The standard InChI is InChI=1S/C10H12N2/c1-12-7-3-4-8-9(11)5-2-6-10(8)12/h2-6H,7,11H2,1H3. The minimum atomic E-state index is 0.857. The van der Waals surface area contributed by atoms with Crippen LogP contribution in [0.4, 0.5) is 11.4 Å². The molecule has 0 saturated carbocycles. The highest BCUT2D eigenvalue weighted by Gasteiger charge is 2.09. The lowest BCUT2D eigenvalue weighted by atomic mass is 10.1. The fourth-order valence-electron chi connectivity index (χ4n) is 1.51. The van der Waals surface area contributed by atoms with E-state index < -0.39 is 0 Å². The second-order valence-corrected chi connectivity index (χ2v) is 3.06. The Morgan fingerprint density at radius 1 is 1.42 bits per heavy atom. The number of nitrogens with two attached hydrogens (primary N) is 1. The molecule has 2 heteroatoms. The lowest BCUT2D eigenvalue weighted by Gasteiger charge is -2.24. The van der Waals surface area contributed by atoms with Crippen molar-refractivity contribution < 1.29 is 0 Å². The third kappa shape index (κ3) is 0.961. The van der Waals surface area contributed by atoms with Gasteiger partial charge in [-0.3, -0.25) is 0 Å². The maximum atomic E-state index is 5.83. The average molecular weight is 160 g/mol. The first kappa shape index (κ1) is 7.22. The maximum absolute atomic E-state index is 5.83. The third-order valence-electron chi connectivity index (χ3n) is 2.19. The van der Waals surface area contributed by atoms with Crippen LogP contribution >= 0.6 is 0 Å². The predicted octanol–water partition coefficient (Wildman–Crippen LogP) is 1.73. The third-order valence-corrected chi connectivity index (χ3v) is 2.19. The molecule has 2 nitrogen and oxygen atoms in total. The van der Waals surface area contributed by atoms with Crippen molar-refractivity contribution in [2.75, 3.05) is 24.2 Å². The average Bonchev–Trinajstić information content (AvgIpc) is 2.07. The predicted molar refractivity (Wildman–Crippen MR) is 53.2 cm³/mol. The number of nitrogen functional groups attached to an aromatic ring is 1. The molecule has 2 N–H and O–H groups in total. The van der Waals surface area contributed by atoms with Gasteiger partial charge in [-0.1, -0.05) is 18.2 Å². The van der Waals surface area contributed by atoms with E-state index in [-0.39, 0.29) is 0 Å². The first-order valence-corrected chi connectivity index (χ1v) is 4.05. The molecule has 0 aliphatic carbocycles. The molecular formula is C10H12N2. The Hall–Kier alpha value is -1.44. The normalized spacial score (nSPS) is 14.6. The van der Waals surface area contributed by atoms with E-state index in [9.17, 15) is 0 Å². The molecule has 0 bridgehead atoms. The molecule has 0 radical (unpaired) electrons. The van der Waals surface area contributed by atoms with Crippen LogP contribution in [0.3, 0.4) is 0 Å². The summed E-state index contributed by atoms with van der Waals surface area (Å²) in [5, 5.41) is 0. The number of anilines is 2. The lowest BCUT2D eigenvalue weighted by Crippen LogP contribution is -2.20. The molecule has 62 valence electrons. The molecule has 0 aromatic heterocycles. The largest absolute Gasteiger partial charge is 0.398 e.